The van der Waals surface area contributed by atoms with Gasteiger partial charge in [-0.3, -0.25) is 9.59 Å². The molecule has 0 bridgehead atoms. The van der Waals surface area contributed by atoms with Gasteiger partial charge in [0, 0.05) is 34.5 Å². The molecule has 1 saturated heterocycles. The molecule has 2 aliphatic rings. The monoisotopic (exact) mass is 518 g/mol. The molecule has 0 unspecified atom stereocenters. The number of nitrogens with zero attached hydrogens (tertiary/aromatic N) is 1. The van der Waals surface area contributed by atoms with E-state index in [0.717, 1.165) is 52.2 Å². The molecule has 34 heavy (non-hydrogen) atoms. The number of aryl methyl sites for hydroxylation is 1. The normalized spacial score (nSPS) is 16.6. The van der Waals surface area contributed by atoms with Crippen LogP contribution in [0.2, 0.25) is 0 Å². The average molecular weight is 519 g/mol. The minimum absolute atomic E-state index is 0.130. The highest BCUT2D eigenvalue weighted by Crippen LogP contribution is 2.41. The summed E-state index contributed by atoms with van der Waals surface area (Å²) >= 11 is 3.54. The Bertz CT molecular complexity index is 1290. The van der Waals surface area contributed by atoms with E-state index in [0.29, 0.717) is 23.4 Å². The first-order valence-corrected chi connectivity index (χ1v) is 12.4. The zero-order chi connectivity index (χ0) is 23.7. The first kappa shape index (κ1) is 22.6. The minimum Gasteiger partial charge on any atom is -0.358 e. The van der Waals surface area contributed by atoms with Crippen LogP contribution in [0.3, 0.4) is 0 Å². The number of nitrogens with one attached hydrogen (secondary N) is 3. The number of aromatic amines is 1. The van der Waals surface area contributed by atoms with E-state index in [-0.39, 0.29) is 11.8 Å². The number of fused-ring (bicyclic) bond motifs is 1. The second-order valence-corrected chi connectivity index (χ2v) is 9.75. The summed E-state index contributed by atoms with van der Waals surface area (Å²) in [5.41, 5.74) is 6.19. The van der Waals surface area contributed by atoms with Crippen LogP contribution < -0.4 is 10.6 Å². The van der Waals surface area contributed by atoms with Crippen molar-refractivity contribution in [2.45, 2.75) is 19.8 Å². The van der Waals surface area contributed by atoms with Crippen LogP contribution in [0, 0.1) is 6.92 Å². The lowest BCUT2D eigenvalue weighted by atomic mass is 9.94. The fourth-order valence-electron chi connectivity index (χ4n) is 4.77. The number of aromatic nitrogens is 1. The van der Waals surface area contributed by atoms with Crippen molar-refractivity contribution < 1.29 is 9.59 Å². The summed E-state index contributed by atoms with van der Waals surface area (Å²) in [6.07, 6.45) is 4.26. The Hall–Kier alpha value is -3.16. The van der Waals surface area contributed by atoms with Gasteiger partial charge in [-0.2, -0.15) is 0 Å². The summed E-state index contributed by atoms with van der Waals surface area (Å²) in [7, 11) is 0. The van der Waals surface area contributed by atoms with Crippen molar-refractivity contribution in [3.05, 3.63) is 75.5 Å². The predicted octanol–water partition coefficient (Wildman–Crippen LogP) is 5.07. The maximum absolute atomic E-state index is 13.0. The van der Waals surface area contributed by atoms with Gasteiger partial charge in [0.15, 0.2) is 0 Å². The van der Waals surface area contributed by atoms with Gasteiger partial charge in [-0.15, -0.1) is 0 Å². The summed E-state index contributed by atoms with van der Waals surface area (Å²) in [6.45, 7) is 5.59. The van der Waals surface area contributed by atoms with Crippen molar-refractivity contribution in [2.75, 3.05) is 31.5 Å². The van der Waals surface area contributed by atoms with Crippen LogP contribution in [0.5, 0.6) is 0 Å². The number of hydrogen-bond acceptors (Lipinski definition) is 3. The van der Waals surface area contributed by atoms with Gasteiger partial charge in [0.05, 0.1) is 16.8 Å². The first-order chi connectivity index (χ1) is 16.5. The van der Waals surface area contributed by atoms with Gasteiger partial charge in [-0.05, 0) is 74.3 Å². The van der Waals surface area contributed by atoms with Crippen LogP contribution in [0.4, 0.5) is 5.69 Å². The second kappa shape index (κ2) is 9.60. The summed E-state index contributed by atoms with van der Waals surface area (Å²) in [5.74, 6) is -0.306. The van der Waals surface area contributed by atoms with E-state index in [1.165, 1.54) is 12.8 Å². The molecule has 174 valence electrons. The molecule has 5 rings (SSSR count). The third kappa shape index (κ3) is 4.58. The highest BCUT2D eigenvalue weighted by atomic mass is 79.9. The number of H-pyrrole nitrogens is 1. The zero-order valence-corrected chi connectivity index (χ0v) is 20.7. The largest absolute Gasteiger partial charge is 0.358 e. The third-order valence-electron chi connectivity index (χ3n) is 6.39. The van der Waals surface area contributed by atoms with E-state index >= 15 is 0 Å². The molecule has 0 spiro atoms. The summed E-state index contributed by atoms with van der Waals surface area (Å²) in [5, 5.41) is 6.02. The van der Waals surface area contributed by atoms with Crippen LogP contribution in [-0.2, 0) is 4.79 Å². The van der Waals surface area contributed by atoms with Crippen LogP contribution in [0.15, 0.2) is 53.0 Å². The van der Waals surface area contributed by atoms with Crippen molar-refractivity contribution in [1.82, 2.24) is 15.2 Å². The van der Waals surface area contributed by atoms with Crippen molar-refractivity contribution in [3.8, 4) is 11.1 Å². The fourth-order valence-corrected chi connectivity index (χ4v) is 5.17. The molecule has 6 nitrogen and oxygen atoms in total. The lowest BCUT2D eigenvalue weighted by Crippen LogP contribution is -2.33. The lowest BCUT2D eigenvalue weighted by Gasteiger charge is -2.14. The topological polar surface area (TPSA) is 77.2 Å². The van der Waals surface area contributed by atoms with Crippen molar-refractivity contribution in [1.29, 1.82) is 0 Å². The van der Waals surface area contributed by atoms with Gasteiger partial charge in [-0.25, -0.2) is 0 Å². The Morgan fingerprint density at radius 3 is 2.74 bits per heavy atom. The van der Waals surface area contributed by atoms with E-state index in [1.807, 2.05) is 55.5 Å². The maximum Gasteiger partial charge on any atom is 0.256 e. The Labute approximate surface area is 207 Å². The fraction of sp³-hybridized carbons (Fsp3) is 0.259. The van der Waals surface area contributed by atoms with E-state index in [4.69, 9.17) is 0 Å². The molecule has 3 heterocycles. The highest BCUT2D eigenvalue weighted by Gasteiger charge is 2.28. The molecule has 3 N–H and O–H groups in total. The van der Waals surface area contributed by atoms with Crippen LogP contribution in [-0.4, -0.2) is 47.9 Å². The highest BCUT2D eigenvalue weighted by molar-refractivity contribution is 9.10. The van der Waals surface area contributed by atoms with Crippen molar-refractivity contribution in [3.63, 3.8) is 0 Å². The van der Waals surface area contributed by atoms with Gasteiger partial charge in [0.1, 0.15) is 0 Å². The quantitative estimate of drug-likeness (QED) is 0.398. The van der Waals surface area contributed by atoms with Crippen LogP contribution >= 0.6 is 15.9 Å². The van der Waals surface area contributed by atoms with E-state index in [1.54, 1.807) is 6.08 Å². The number of carbonyl (C=O) groups excluding carboxylic acids is 2. The molecule has 0 atom stereocenters. The second-order valence-electron chi connectivity index (χ2n) is 8.83. The molecule has 0 aliphatic carbocycles. The maximum atomic E-state index is 13.0. The molecule has 3 aromatic rings. The van der Waals surface area contributed by atoms with Gasteiger partial charge in [-0.1, -0.05) is 40.2 Å². The van der Waals surface area contributed by atoms with Gasteiger partial charge >= 0.3 is 0 Å². The number of benzene rings is 2. The number of carbonyl (C=O) groups is 2. The molecule has 2 amide bonds. The number of halogens is 1. The number of rotatable bonds is 6. The number of hydrogen-bond donors (Lipinski definition) is 3. The summed E-state index contributed by atoms with van der Waals surface area (Å²) in [4.78, 5) is 31.6. The summed E-state index contributed by atoms with van der Waals surface area (Å²) < 4.78 is 0.971. The van der Waals surface area contributed by atoms with Crippen LogP contribution in [0.1, 0.15) is 40.2 Å². The molecule has 0 saturated carbocycles. The number of anilines is 1. The molecule has 2 aromatic carbocycles. The van der Waals surface area contributed by atoms with E-state index in [2.05, 4.69) is 36.4 Å². The smallest absolute Gasteiger partial charge is 0.256 e. The Morgan fingerprint density at radius 2 is 1.94 bits per heavy atom. The molecular weight excluding hydrogens is 492 g/mol. The molecular formula is C27H27BrN4O2. The molecule has 0 radical (unpaired) electrons. The summed E-state index contributed by atoms with van der Waals surface area (Å²) in [6, 6.07) is 15.7. The Kier molecular flexibility index (Phi) is 6.39. The molecule has 1 aromatic heterocycles. The van der Waals surface area contributed by atoms with Crippen LogP contribution in [0.25, 0.3) is 22.8 Å². The lowest BCUT2D eigenvalue weighted by molar-refractivity contribution is -0.110. The van der Waals surface area contributed by atoms with Crippen molar-refractivity contribution in [2.24, 2.45) is 0 Å². The first-order valence-electron chi connectivity index (χ1n) is 11.6. The van der Waals surface area contributed by atoms with Gasteiger partial charge in [0.25, 0.3) is 11.8 Å². The Morgan fingerprint density at radius 1 is 1.15 bits per heavy atom. The zero-order valence-electron chi connectivity index (χ0n) is 19.1. The third-order valence-corrected chi connectivity index (χ3v) is 6.88. The molecule has 7 heteroatoms. The number of amides is 2. The molecule has 2 aliphatic heterocycles. The van der Waals surface area contributed by atoms with E-state index in [9.17, 15) is 9.59 Å². The molecule has 1 fully saturated rings. The standard InChI is InChI=1S/C27H27BrN4O2/c1-17-14-21(26(33)29-10-13-32-11-2-3-12-32)24(30-17)16-22-25-20(18-6-4-7-19(28)15-18)8-5-9-23(25)31-27(22)34/h4-9,14-16,30H,2-3,10-13H2,1H3,(H,29,33)(H,31,34). The van der Waals surface area contributed by atoms with Gasteiger partial charge in [0.2, 0.25) is 0 Å². The van der Waals surface area contributed by atoms with Crippen molar-refractivity contribution >= 4 is 45.1 Å². The number of likely N-dealkylation sites (tertiary alicyclic amines) is 1. The van der Waals surface area contributed by atoms with E-state index < -0.39 is 0 Å². The SMILES string of the molecule is Cc1cc(C(=O)NCCN2CCCC2)c(C=C2C(=O)Nc3cccc(-c4cccc(Br)c4)c32)[nH]1. The minimum atomic E-state index is -0.176. The predicted molar refractivity (Wildman–Crippen MR) is 140 cm³/mol. The Balaban J connectivity index is 1.46. The average Bonchev–Trinajstić information content (AvgIpc) is 3.53. The van der Waals surface area contributed by atoms with Gasteiger partial charge < -0.3 is 20.5 Å².